The summed E-state index contributed by atoms with van der Waals surface area (Å²) in [5.41, 5.74) is -0.102. The summed E-state index contributed by atoms with van der Waals surface area (Å²) in [4.78, 5) is 14.5. The Morgan fingerprint density at radius 2 is 2.05 bits per heavy atom. The first-order chi connectivity index (χ1) is 9.70. The van der Waals surface area contributed by atoms with E-state index in [-0.39, 0.29) is 17.6 Å². The lowest BCUT2D eigenvalue weighted by molar-refractivity contribution is -0.154. The van der Waals surface area contributed by atoms with E-state index in [2.05, 4.69) is 11.8 Å². The first-order valence-electron chi connectivity index (χ1n) is 7.80. The van der Waals surface area contributed by atoms with Gasteiger partial charge in [0, 0.05) is 25.2 Å². The molecule has 0 bridgehead atoms. The Morgan fingerprint density at radius 1 is 1.30 bits per heavy atom. The number of nitrogens with zero attached hydrogens (tertiary/aromatic N) is 1. The van der Waals surface area contributed by atoms with Crippen LogP contribution in [0.4, 0.5) is 0 Å². The first-order valence-corrected chi connectivity index (χ1v) is 7.80. The molecule has 0 radical (unpaired) electrons. The van der Waals surface area contributed by atoms with Crippen molar-refractivity contribution in [2.45, 2.75) is 51.2 Å². The number of carbonyl (C=O) groups is 1. The lowest BCUT2D eigenvalue weighted by Crippen LogP contribution is -2.58. The van der Waals surface area contributed by atoms with Gasteiger partial charge in [-0.2, -0.15) is 0 Å². The van der Waals surface area contributed by atoms with Gasteiger partial charge >= 0.3 is 5.97 Å². The third-order valence-corrected chi connectivity index (χ3v) is 4.44. The van der Waals surface area contributed by atoms with E-state index in [1.807, 2.05) is 6.92 Å². The van der Waals surface area contributed by atoms with Crippen LogP contribution in [0, 0.1) is 0 Å². The third kappa shape index (κ3) is 3.71. The van der Waals surface area contributed by atoms with Crippen molar-refractivity contribution in [3.63, 3.8) is 0 Å². The van der Waals surface area contributed by atoms with Crippen LogP contribution in [0.1, 0.15) is 39.5 Å². The molecule has 0 aromatic heterocycles. The lowest BCUT2D eigenvalue weighted by atomic mass is 9.81. The molecule has 5 nitrogen and oxygen atoms in total. The molecule has 0 aromatic carbocycles. The van der Waals surface area contributed by atoms with Crippen molar-refractivity contribution < 1.29 is 19.0 Å². The molecule has 2 aliphatic heterocycles. The number of hydrogen-bond acceptors (Lipinski definition) is 5. The second-order valence-corrected chi connectivity index (χ2v) is 5.66. The molecule has 2 saturated heterocycles. The Kier molecular flexibility index (Phi) is 5.81. The summed E-state index contributed by atoms with van der Waals surface area (Å²) < 4.78 is 16.4. The van der Waals surface area contributed by atoms with Crippen molar-refractivity contribution in [3.8, 4) is 0 Å². The minimum atomic E-state index is -0.102. The van der Waals surface area contributed by atoms with E-state index in [1.54, 1.807) is 0 Å². The van der Waals surface area contributed by atoms with Gasteiger partial charge in [-0.1, -0.05) is 6.92 Å². The summed E-state index contributed by atoms with van der Waals surface area (Å²) >= 11 is 0. The lowest BCUT2D eigenvalue weighted by Gasteiger charge is -2.49. The highest BCUT2D eigenvalue weighted by atomic mass is 16.5. The first kappa shape index (κ1) is 15.7. The molecule has 0 N–H and O–H groups in total. The van der Waals surface area contributed by atoms with E-state index in [1.165, 1.54) is 0 Å². The summed E-state index contributed by atoms with van der Waals surface area (Å²) in [6.07, 6.45) is 3.54. The van der Waals surface area contributed by atoms with Gasteiger partial charge < -0.3 is 14.2 Å². The molecule has 2 aliphatic rings. The predicted molar refractivity (Wildman–Crippen MR) is 75.6 cm³/mol. The topological polar surface area (TPSA) is 48.0 Å². The van der Waals surface area contributed by atoms with Crippen LogP contribution in [0.15, 0.2) is 0 Å². The van der Waals surface area contributed by atoms with E-state index in [4.69, 9.17) is 14.2 Å². The van der Waals surface area contributed by atoms with E-state index >= 15 is 0 Å². The van der Waals surface area contributed by atoms with Gasteiger partial charge in [0.05, 0.1) is 32.3 Å². The summed E-state index contributed by atoms with van der Waals surface area (Å²) in [7, 11) is 0. The molecule has 0 spiro atoms. The SMILES string of the molecule is CCOC(=O)CC1(N2CCOCC2)CCOC(CC)C1. The van der Waals surface area contributed by atoms with Crippen LogP contribution in [0.2, 0.25) is 0 Å². The average Bonchev–Trinajstić information content (AvgIpc) is 2.48. The molecule has 0 aromatic rings. The van der Waals surface area contributed by atoms with Crippen molar-refractivity contribution in [3.05, 3.63) is 0 Å². The maximum absolute atomic E-state index is 12.0. The molecule has 2 unspecified atom stereocenters. The molecular weight excluding hydrogens is 258 g/mol. The maximum Gasteiger partial charge on any atom is 0.307 e. The molecule has 2 fully saturated rings. The fourth-order valence-electron chi connectivity index (χ4n) is 3.34. The summed E-state index contributed by atoms with van der Waals surface area (Å²) in [6, 6.07) is 0. The van der Waals surface area contributed by atoms with Gasteiger partial charge in [-0.25, -0.2) is 0 Å². The Hall–Kier alpha value is -0.650. The van der Waals surface area contributed by atoms with Crippen LogP contribution in [0.3, 0.4) is 0 Å². The number of morpholine rings is 1. The van der Waals surface area contributed by atoms with Crippen molar-refractivity contribution in [2.75, 3.05) is 39.5 Å². The zero-order valence-electron chi connectivity index (χ0n) is 12.7. The zero-order valence-corrected chi connectivity index (χ0v) is 12.7. The Bertz CT molecular complexity index is 317. The summed E-state index contributed by atoms with van der Waals surface area (Å²) in [6.45, 7) is 8.49. The second kappa shape index (κ2) is 7.38. The average molecular weight is 285 g/mol. The molecule has 2 rings (SSSR count). The quantitative estimate of drug-likeness (QED) is 0.718. The zero-order chi connectivity index (χ0) is 14.4. The molecule has 0 amide bonds. The number of hydrogen-bond donors (Lipinski definition) is 0. The van der Waals surface area contributed by atoms with E-state index < -0.39 is 0 Å². The van der Waals surface area contributed by atoms with Gasteiger partial charge in [0.1, 0.15) is 0 Å². The van der Waals surface area contributed by atoms with Crippen LogP contribution in [0.25, 0.3) is 0 Å². The van der Waals surface area contributed by atoms with E-state index in [9.17, 15) is 4.79 Å². The van der Waals surface area contributed by atoms with Gasteiger partial charge in [0.2, 0.25) is 0 Å². The van der Waals surface area contributed by atoms with Crippen LogP contribution < -0.4 is 0 Å². The maximum atomic E-state index is 12.0. The van der Waals surface area contributed by atoms with Gasteiger partial charge in [-0.15, -0.1) is 0 Å². The van der Waals surface area contributed by atoms with Crippen molar-refractivity contribution >= 4 is 5.97 Å². The molecule has 116 valence electrons. The van der Waals surface area contributed by atoms with Crippen LogP contribution in [0.5, 0.6) is 0 Å². The van der Waals surface area contributed by atoms with Crippen molar-refractivity contribution in [1.29, 1.82) is 0 Å². The normalized spacial score (nSPS) is 32.0. The number of rotatable bonds is 5. The van der Waals surface area contributed by atoms with Gasteiger partial charge in [0.25, 0.3) is 0 Å². The smallest absolute Gasteiger partial charge is 0.307 e. The Balaban J connectivity index is 2.10. The molecule has 2 heterocycles. The highest BCUT2D eigenvalue weighted by molar-refractivity contribution is 5.71. The second-order valence-electron chi connectivity index (χ2n) is 5.66. The Labute approximate surface area is 121 Å². The molecule has 0 aliphatic carbocycles. The minimum absolute atomic E-state index is 0.0873. The molecule has 20 heavy (non-hydrogen) atoms. The van der Waals surface area contributed by atoms with Crippen LogP contribution >= 0.6 is 0 Å². The monoisotopic (exact) mass is 285 g/mol. The number of carbonyl (C=O) groups excluding carboxylic acids is 1. The highest BCUT2D eigenvalue weighted by Gasteiger charge is 2.43. The van der Waals surface area contributed by atoms with Crippen LogP contribution in [-0.2, 0) is 19.0 Å². The van der Waals surface area contributed by atoms with Gasteiger partial charge in [-0.05, 0) is 26.2 Å². The molecular formula is C15H27NO4. The van der Waals surface area contributed by atoms with Crippen LogP contribution in [-0.4, -0.2) is 62.0 Å². The molecule has 5 heteroatoms. The largest absolute Gasteiger partial charge is 0.466 e. The predicted octanol–water partition coefficient (Wildman–Crippen LogP) is 1.60. The standard InChI is InChI=1S/C15H27NO4/c1-3-13-11-15(5-8-20-13,12-14(17)19-4-2)16-6-9-18-10-7-16/h13H,3-12H2,1-2H3. The molecule has 0 saturated carbocycles. The third-order valence-electron chi connectivity index (χ3n) is 4.44. The van der Waals surface area contributed by atoms with Crippen molar-refractivity contribution in [1.82, 2.24) is 4.90 Å². The number of ether oxygens (including phenoxy) is 3. The van der Waals surface area contributed by atoms with E-state index in [0.717, 1.165) is 52.2 Å². The molecule has 2 atom stereocenters. The number of esters is 1. The minimum Gasteiger partial charge on any atom is -0.466 e. The van der Waals surface area contributed by atoms with Gasteiger partial charge in [0.15, 0.2) is 0 Å². The van der Waals surface area contributed by atoms with E-state index in [0.29, 0.717) is 13.0 Å². The fourth-order valence-corrected chi connectivity index (χ4v) is 3.34. The summed E-state index contributed by atoms with van der Waals surface area (Å²) in [5.74, 6) is -0.0873. The van der Waals surface area contributed by atoms with Crippen molar-refractivity contribution in [2.24, 2.45) is 0 Å². The summed E-state index contributed by atoms with van der Waals surface area (Å²) in [5, 5.41) is 0. The fraction of sp³-hybridized carbons (Fsp3) is 0.933. The van der Waals surface area contributed by atoms with Gasteiger partial charge in [-0.3, -0.25) is 9.69 Å². The Morgan fingerprint density at radius 3 is 2.70 bits per heavy atom. The highest BCUT2D eigenvalue weighted by Crippen LogP contribution is 2.36.